The largest absolute Gasteiger partial charge is 0.309 e. The Balaban J connectivity index is 0.705. The van der Waals surface area contributed by atoms with Crippen LogP contribution in [0.25, 0.3) is 188 Å². The van der Waals surface area contributed by atoms with Gasteiger partial charge in [0.05, 0.1) is 55.5 Å². The minimum Gasteiger partial charge on any atom is -0.309 e. The zero-order valence-corrected chi connectivity index (χ0v) is 54.3. The lowest BCUT2D eigenvalue weighted by Gasteiger charge is -2.14. The Hall–Kier alpha value is -13.4. The molecule has 15 aromatic carbocycles. The average Bonchev–Trinajstić information content (AvgIpc) is 1.60. The van der Waals surface area contributed by atoms with Crippen molar-refractivity contribution >= 4 is 87.2 Å². The summed E-state index contributed by atoms with van der Waals surface area (Å²) < 4.78 is 9.56. The number of hydrogen-bond donors (Lipinski definition) is 0. The minimum atomic E-state index is 0.635. The van der Waals surface area contributed by atoms with Gasteiger partial charge in [-0.25, -0.2) is 9.97 Å². The summed E-state index contributed by atoms with van der Waals surface area (Å²) in [5.74, 6) is 0.635. The van der Waals surface area contributed by atoms with Crippen LogP contribution in [0.3, 0.4) is 0 Å². The molecule has 6 heteroatoms. The third-order valence-electron chi connectivity index (χ3n) is 20.3. The van der Waals surface area contributed by atoms with Crippen LogP contribution in [-0.2, 0) is 0 Å². The molecule has 5 aromatic heterocycles. The van der Waals surface area contributed by atoms with E-state index < -0.39 is 0 Å². The quantitative estimate of drug-likeness (QED) is 0.130. The highest BCUT2D eigenvalue weighted by Crippen LogP contribution is 2.43. The molecule has 20 aromatic rings. The van der Waals surface area contributed by atoms with Gasteiger partial charge >= 0.3 is 0 Å². The number of fused-ring (bicyclic) bond motifs is 12. The van der Waals surface area contributed by atoms with E-state index in [2.05, 4.69) is 382 Å². The molecule has 0 radical (unpaired) electrons. The Morgan fingerprint density at radius 2 is 0.410 bits per heavy atom. The van der Waals surface area contributed by atoms with Crippen molar-refractivity contribution in [2.24, 2.45) is 0 Å². The number of hydrogen-bond acceptors (Lipinski definition) is 2. The predicted molar refractivity (Wildman–Crippen MR) is 417 cm³/mol. The van der Waals surface area contributed by atoms with Crippen LogP contribution >= 0.6 is 0 Å². The fraction of sp³-hybridized carbons (Fsp3) is 0. The molecule has 100 heavy (non-hydrogen) atoms. The second-order valence-electron chi connectivity index (χ2n) is 26.1. The smallest absolute Gasteiger partial charge is 0.160 e. The van der Waals surface area contributed by atoms with Crippen LogP contribution in [0.2, 0.25) is 0 Å². The van der Waals surface area contributed by atoms with Gasteiger partial charge in [-0.05, 0) is 184 Å². The van der Waals surface area contributed by atoms with E-state index in [-0.39, 0.29) is 0 Å². The van der Waals surface area contributed by atoms with E-state index in [4.69, 9.17) is 9.97 Å². The molecule has 5 heterocycles. The number of aromatic nitrogens is 6. The third-order valence-corrected chi connectivity index (χ3v) is 20.3. The summed E-state index contributed by atoms with van der Waals surface area (Å²) in [5.41, 5.74) is 27.5. The summed E-state index contributed by atoms with van der Waals surface area (Å²) in [6.07, 6.45) is 0. The van der Waals surface area contributed by atoms with Crippen LogP contribution < -0.4 is 0 Å². The lowest BCUT2D eigenvalue weighted by Crippen LogP contribution is -1.99. The van der Waals surface area contributed by atoms with Gasteiger partial charge in [0.15, 0.2) is 5.82 Å². The molecule has 0 spiro atoms. The highest BCUT2D eigenvalue weighted by molar-refractivity contribution is 6.15. The van der Waals surface area contributed by atoms with Crippen LogP contribution in [0.1, 0.15) is 0 Å². The second-order valence-corrected chi connectivity index (χ2v) is 26.1. The van der Waals surface area contributed by atoms with Gasteiger partial charge in [0.25, 0.3) is 0 Å². The summed E-state index contributed by atoms with van der Waals surface area (Å²) in [7, 11) is 0. The van der Waals surface area contributed by atoms with Crippen molar-refractivity contribution in [3.05, 3.63) is 364 Å². The first-order valence-electron chi connectivity index (χ1n) is 34.2. The van der Waals surface area contributed by atoms with Crippen LogP contribution in [0.4, 0.5) is 0 Å². The Morgan fingerprint density at radius 3 is 0.820 bits per heavy atom. The lowest BCUT2D eigenvalue weighted by atomic mass is 9.97. The molecule has 20 rings (SSSR count). The second kappa shape index (κ2) is 23.2. The van der Waals surface area contributed by atoms with Gasteiger partial charge in [-0.15, -0.1) is 0 Å². The van der Waals surface area contributed by atoms with Crippen molar-refractivity contribution in [2.45, 2.75) is 0 Å². The zero-order chi connectivity index (χ0) is 65.8. The van der Waals surface area contributed by atoms with E-state index in [9.17, 15) is 0 Å². The highest BCUT2D eigenvalue weighted by atomic mass is 15.0. The Morgan fingerprint density at radius 1 is 0.150 bits per heavy atom. The maximum atomic E-state index is 5.60. The van der Waals surface area contributed by atoms with Crippen molar-refractivity contribution in [1.82, 2.24) is 28.2 Å². The van der Waals surface area contributed by atoms with Gasteiger partial charge in [-0.1, -0.05) is 224 Å². The molecule has 0 aliphatic rings. The van der Waals surface area contributed by atoms with Crippen molar-refractivity contribution in [2.75, 3.05) is 0 Å². The molecule has 0 aliphatic carbocycles. The molecule has 0 unspecified atom stereocenters. The van der Waals surface area contributed by atoms with Crippen LogP contribution in [0, 0.1) is 0 Å². The molecule has 0 bridgehead atoms. The molecule has 6 nitrogen and oxygen atoms in total. The van der Waals surface area contributed by atoms with Crippen molar-refractivity contribution in [3.8, 4) is 101 Å². The number of benzene rings is 15. The molecule has 0 N–H and O–H groups in total. The Kier molecular flexibility index (Phi) is 13.2. The maximum Gasteiger partial charge on any atom is 0.160 e. The first kappa shape index (κ1) is 56.9. The van der Waals surface area contributed by atoms with Crippen molar-refractivity contribution in [3.63, 3.8) is 0 Å². The van der Waals surface area contributed by atoms with E-state index in [0.29, 0.717) is 5.82 Å². The molecule has 0 amide bonds. The summed E-state index contributed by atoms with van der Waals surface area (Å²) >= 11 is 0. The molecule has 0 atom stereocenters. The summed E-state index contributed by atoms with van der Waals surface area (Å²) in [6.45, 7) is 0. The predicted octanol–water partition coefficient (Wildman–Crippen LogP) is 24.5. The van der Waals surface area contributed by atoms with E-state index in [1.165, 1.54) is 98.5 Å². The van der Waals surface area contributed by atoms with Crippen LogP contribution in [0.5, 0.6) is 0 Å². The molecule has 0 aliphatic heterocycles. The first-order valence-corrected chi connectivity index (χ1v) is 34.2. The zero-order valence-electron chi connectivity index (χ0n) is 54.3. The number of rotatable bonds is 11. The Labute approximate surface area is 577 Å². The van der Waals surface area contributed by atoms with E-state index >= 15 is 0 Å². The van der Waals surface area contributed by atoms with Gasteiger partial charge in [0, 0.05) is 82.5 Å². The van der Waals surface area contributed by atoms with Gasteiger partial charge in [-0.3, -0.25) is 0 Å². The summed E-state index contributed by atoms with van der Waals surface area (Å²) in [5, 5.41) is 9.69. The number of nitrogens with zero attached hydrogens (tertiary/aromatic N) is 6. The van der Waals surface area contributed by atoms with Crippen LogP contribution in [-0.4, -0.2) is 28.2 Å². The lowest BCUT2D eigenvalue weighted by molar-refractivity contribution is 1.15. The molecule has 0 saturated carbocycles. The van der Waals surface area contributed by atoms with Crippen molar-refractivity contribution in [1.29, 1.82) is 0 Å². The van der Waals surface area contributed by atoms with E-state index in [0.717, 1.165) is 84.0 Å². The first-order chi connectivity index (χ1) is 49.6. The molecule has 466 valence electrons. The van der Waals surface area contributed by atoms with Gasteiger partial charge in [0.2, 0.25) is 0 Å². The average molecular weight is 1270 g/mol. The normalized spacial score (nSPS) is 11.8. The van der Waals surface area contributed by atoms with E-state index in [1.54, 1.807) is 0 Å². The fourth-order valence-electron chi connectivity index (χ4n) is 15.7. The SMILES string of the molecule is c1ccc(-c2cccc(-c3cccc(-c4cc(-c5cccc(-n6c7ccccc7c7cc(-c8ccc9c(c8)c8ccccc8n9-c8ccccc8)ccc76)c5)nc(-c5cccc(-n6c7ccccc7c7cc(-c8ccc9c(c8)c8ccccc8n9-c8ccccc8)ccc76)c5)n4)c3)c2)cc1. The number of para-hydroxylation sites is 6. The molecule has 0 fully saturated rings. The fourth-order valence-corrected chi connectivity index (χ4v) is 15.7. The van der Waals surface area contributed by atoms with E-state index in [1.807, 2.05) is 0 Å². The highest BCUT2D eigenvalue weighted by Gasteiger charge is 2.21. The third kappa shape index (κ3) is 9.41. The Bertz CT molecular complexity index is 6310. The molecule has 0 saturated heterocycles. The van der Waals surface area contributed by atoms with Gasteiger partial charge in [0.1, 0.15) is 0 Å². The molecular weight excluding hydrogens is 1210 g/mol. The monoisotopic (exact) mass is 1270 g/mol. The minimum absolute atomic E-state index is 0.635. The standard InChI is InChI=1S/C94H60N6/c1-4-22-61(23-5-1)62-24-18-25-63(52-62)64-26-19-27-69(53-64)84-60-85(70-28-20-34-74(54-70)99-88-42-16-12-38-78(88)82-58-67(46-50-92(82)99)65-44-48-90-80(56-65)76-36-10-14-40-86(76)97(90)72-30-6-2-7-31-72)96-94(95-84)71-29-21-35-75(55-71)100-89-43-17-13-39-79(89)83-59-68(47-51-93(83)100)66-45-49-91-81(57-66)77-37-11-15-41-87(77)98(91)73-32-8-3-9-33-73/h1-60H. The summed E-state index contributed by atoms with van der Waals surface area (Å²) in [6, 6.07) is 132. The van der Waals surface area contributed by atoms with Gasteiger partial charge in [-0.2, -0.15) is 0 Å². The maximum absolute atomic E-state index is 5.60. The topological polar surface area (TPSA) is 45.5 Å². The molecular formula is C94H60N6. The summed E-state index contributed by atoms with van der Waals surface area (Å²) in [4.78, 5) is 11.2. The van der Waals surface area contributed by atoms with Gasteiger partial charge < -0.3 is 18.3 Å². The van der Waals surface area contributed by atoms with Crippen LogP contribution in [0.15, 0.2) is 364 Å². The van der Waals surface area contributed by atoms with Crippen molar-refractivity contribution < 1.29 is 0 Å².